The van der Waals surface area contributed by atoms with E-state index in [0.29, 0.717) is 6.54 Å². The number of para-hydroxylation sites is 1. The first-order valence-corrected chi connectivity index (χ1v) is 5.49. The predicted molar refractivity (Wildman–Crippen MR) is 64.4 cm³/mol. The molecule has 1 aliphatic rings. The van der Waals surface area contributed by atoms with E-state index in [-0.39, 0.29) is 11.9 Å². The Balaban J connectivity index is 2.23. The highest BCUT2D eigenvalue weighted by Crippen LogP contribution is 2.25. The molecule has 3 N–H and O–H groups in total. The minimum absolute atomic E-state index is 0.0175. The molecule has 0 bridgehead atoms. The van der Waals surface area contributed by atoms with E-state index in [0.717, 1.165) is 18.7 Å². The third-order valence-electron chi connectivity index (χ3n) is 2.88. The van der Waals surface area contributed by atoms with E-state index >= 15 is 0 Å². The lowest BCUT2D eigenvalue weighted by Gasteiger charge is -2.34. The summed E-state index contributed by atoms with van der Waals surface area (Å²) < 4.78 is 0. The van der Waals surface area contributed by atoms with Gasteiger partial charge in [-0.1, -0.05) is 18.2 Å². The van der Waals surface area contributed by atoms with Crippen LogP contribution in [0.1, 0.15) is 5.56 Å². The van der Waals surface area contributed by atoms with Crippen LogP contribution in [0.2, 0.25) is 0 Å². The van der Waals surface area contributed by atoms with Crippen molar-refractivity contribution in [1.82, 2.24) is 5.32 Å². The monoisotopic (exact) mass is 219 g/mol. The minimum atomic E-state index is 0.0175. The van der Waals surface area contributed by atoms with Gasteiger partial charge in [0, 0.05) is 25.3 Å². The van der Waals surface area contributed by atoms with Crippen LogP contribution in [0.25, 0.3) is 0 Å². The number of amides is 1. The number of rotatable bonds is 2. The number of benzene rings is 1. The van der Waals surface area contributed by atoms with Crippen molar-refractivity contribution < 1.29 is 4.79 Å². The first kappa shape index (κ1) is 11.0. The van der Waals surface area contributed by atoms with E-state index in [4.69, 9.17) is 5.73 Å². The average molecular weight is 219 g/mol. The Morgan fingerprint density at radius 2 is 2.31 bits per heavy atom. The van der Waals surface area contributed by atoms with Crippen molar-refractivity contribution >= 4 is 11.6 Å². The van der Waals surface area contributed by atoms with E-state index in [1.807, 2.05) is 23.1 Å². The Bertz CT molecular complexity index is 392. The minimum Gasteiger partial charge on any atom is -0.360 e. The van der Waals surface area contributed by atoms with E-state index in [1.54, 1.807) is 7.05 Å². The second kappa shape index (κ2) is 4.53. The molecule has 1 aromatic carbocycles. The number of nitrogens with two attached hydrogens (primary N) is 1. The van der Waals surface area contributed by atoms with Gasteiger partial charge in [0.1, 0.15) is 0 Å². The van der Waals surface area contributed by atoms with Gasteiger partial charge >= 0.3 is 0 Å². The van der Waals surface area contributed by atoms with Gasteiger partial charge < -0.3 is 16.0 Å². The molecule has 0 aliphatic carbocycles. The number of fused-ring (bicyclic) bond motifs is 1. The highest BCUT2D eigenvalue weighted by Gasteiger charge is 2.22. The molecule has 0 saturated carbocycles. The van der Waals surface area contributed by atoms with Crippen LogP contribution >= 0.6 is 0 Å². The Kier molecular flexibility index (Phi) is 3.10. The molecule has 4 heteroatoms. The second-order valence-electron chi connectivity index (χ2n) is 4.15. The topological polar surface area (TPSA) is 58.4 Å². The molecule has 2 rings (SSSR count). The molecule has 0 saturated heterocycles. The quantitative estimate of drug-likeness (QED) is 0.743. The van der Waals surface area contributed by atoms with Crippen molar-refractivity contribution in [2.75, 3.05) is 25.0 Å². The van der Waals surface area contributed by atoms with Crippen molar-refractivity contribution in [2.24, 2.45) is 5.73 Å². The van der Waals surface area contributed by atoms with Crippen molar-refractivity contribution in [1.29, 1.82) is 0 Å². The molecule has 0 fully saturated rings. The van der Waals surface area contributed by atoms with Crippen LogP contribution < -0.4 is 16.0 Å². The lowest BCUT2D eigenvalue weighted by molar-refractivity contribution is -0.119. The molecule has 16 heavy (non-hydrogen) atoms. The van der Waals surface area contributed by atoms with Gasteiger partial charge in [-0.25, -0.2) is 0 Å². The van der Waals surface area contributed by atoms with Crippen LogP contribution in [-0.4, -0.2) is 32.1 Å². The molecule has 4 nitrogen and oxygen atoms in total. The number of hydrogen-bond acceptors (Lipinski definition) is 3. The smallest absolute Gasteiger partial charge is 0.239 e. The standard InChI is InChI=1S/C12H17N3O/c1-14-12(16)8-15-7-10(13)6-9-4-2-3-5-11(9)15/h2-5,10H,6-8,13H2,1H3,(H,14,16). The third-order valence-corrected chi connectivity index (χ3v) is 2.88. The van der Waals surface area contributed by atoms with Gasteiger partial charge in [-0.2, -0.15) is 0 Å². The molecular formula is C12H17N3O. The van der Waals surface area contributed by atoms with Crippen LogP contribution in [0.5, 0.6) is 0 Å². The Morgan fingerprint density at radius 1 is 1.56 bits per heavy atom. The van der Waals surface area contributed by atoms with Gasteiger partial charge in [0.2, 0.25) is 5.91 Å². The van der Waals surface area contributed by atoms with E-state index < -0.39 is 0 Å². The lowest BCUT2D eigenvalue weighted by Crippen LogP contribution is -2.46. The lowest BCUT2D eigenvalue weighted by atomic mass is 9.98. The first-order chi connectivity index (χ1) is 7.70. The molecule has 0 aromatic heterocycles. The Labute approximate surface area is 95.4 Å². The van der Waals surface area contributed by atoms with Gasteiger partial charge in [0.05, 0.1) is 6.54 Å². The van der Waals surface area contributed by atoms with Gasteiger partial charge in [0.15, 0.2) is 0 Å². The fourth-order valence-corrected chi connectivity index (χ4v) is 2.12. The van der Waals surface area contributed by atoms with Gasteiger partial charge in [-0.3, -0.25) is 4.79 Å². The number of likely N-dealkylation sites (N-methyl/N-ethyl adjacent to an activating group) is 1. The third kappa shape index (κ3) is 2.17. The fourth-order valence-electron chi connectivity index (χ4n) is 2.12. The summed E-state index contributed by atoms with van der Waals surface area (Å²) in [5, 5.41) is 2.64. The molecule has 86 valence electrons. The fraction of sp³-hybridized carbons (Fsp3) is 0.417. The zero-order valence-electron chi connectivity index (χ0n) is 9.44. The van der Waals surface area contributed by atoms with Crippen molar-refractivity contribution in [3.63, 3.8) is 0 Å². The summed E-state index contributed by atoms with van der Waals surface area (Å²) in [6, 6.07) is 8.23. The number of nitrogens with one attached hydrogen (secondary N) is 1. The van der Waals surface area contributed by atoms with Gasteiger partial charge in [0.25, 0.3) is 0 Å². The summed E-state index contributed by atoms with van der Waals surface area (Å²) in [7, 11) is 1.65. The normalized spacial score (nSPS) is 19.1. The summed E-state index contributed by atoms with van der Waals surface area (Å²) in [6.45, 7) is 1.12. The number of anilines is 1. The predicted octanol–water partition coefficient (Wildman–Crippen LogP) is 0.122. The molecule has 1 unspecified atom stereocenters. The summed E-state index contributed by atoms with van der Waals surface area (Å²) in [6.07, 6.45) is 0.889. The van der Waals surface area contributed by atoms with Crippen LogP contribution in [-0.2, 0) is 11.2 Å². The van der Waals surface area contributed by atoms with Crippen molar-refractivity contribution in [3.8, 4) is 0 Å². The summed E-state index contributed by atoms with van der Waals surface area (Å²) in [5.41, 5.74) is 8.34. The number of carbonyl (C=O) groups is 1. The average Bonchev–Trinajstić information content (AvgIpc) is 2.28. The highest BCUT2D eigenvalue weighted by atomic mass is 16.1. The van der Waals surface area contributed by atoms with Crippen LogP contribution in [0, 0.1) is 0 Å². The molecule has 1 aromatic rings. The van der Waals surface area contributed by atoms with Crippen LogP contribution in [0.15, 0.2) is 24.3 Å². The largest absolute Gasteiger partial charge is 0.360 e. The molecular weight excluding hydrogens is 202 g/mol. The van der Waals surface area contributed by atoms with E-state index in [1.165, 1.54) is 5.56 Å². The van der Waals surface area contributed by atoms with Crippen LogP contribution in [0.3, 0.4) is 0 Å². The van der Waals surface area contributed by atoms with Gasteiger partial charge in [-0.05, 0) is 18.1 Å². The van der Waals surface area contributed by atoms with Crippen molar-refractivity contribution in [2.45, 2.75) is 12.5 Å². The molecule has 1 atom stereocenters. The van der Waals surface area contributed by atoms with Crippen LogP contribution in [0.4, 0.5) is 5.69 Å². The zero-order valence-corrected chi connectivity index (χ0v) is 9.44. The highest BCUT2D eigenvalue weighted by molar-refractivity contribution is 5.81. The first-order valence-electron chi connectivity index (χ1n) is 5.49. The maximum atomic E-state index is 11.4. The number of hydrogen-bond donors (Lipinski definition) is 2. The Hall–Kier alpha value is -1.55. The van der Waals surface area contributed by atoms with Crippen molar-refractivity contribution in [3.05, 3.63) is 29.8 Å². The maximum absolute atomic E-state index is 11.4. The molecule has 1 heterocycles. The summed E-state index contributed by atoms with van der Waals surface area (Å²) in [4.78, 5) is 13.4. The summed E-state index contributed by atoms with van der Waals surface area (Å²) in [5.74, 6) is 0.0175. The molecule has 1 aliphatic heterocycles. The Morgan fingerprint density at radius 3 is 3.06 bits per heavy atom. The maximum Gasteiger partial charge on any atom is 0.239 e. The summed E-state index contributed by atoms with van der Waals surface area (Å²) >= 11 is 0. The number of carbonyl (C=O) groups excluding carboxylic acids is 1. The molecule has 1 amide bonds. The van der Waals surface area contributed by atoms with E-state index in [9.17, 15) is 4.79 Å². The number of nitrogens with zero attached hydrogens (tertiary/aromatic N) is 1. The van der Waals surface area contributed by atoms with Gasteiger partial charge in [-0.15, -0.1) is 0 Å². The SMILES string of the molecule is CNC(=O)CN1CC(N)Cc2ccccc21. The molecule has 0 spiro atoms. The molecule has 0 radical (unpaired) electrons. The second-order valence-corrected chi connectivity index (χ2v) is 4.15. The van der Waals surface area contributed by atoms with E-state index in [2.05, 4.69) is 11.4 Å². The zero-order chi connectivity index (χ0) is 11.5.